The number of hydrogen-bond acceptors (Lipinski definition) is 4. The fourth-order valence-electron chi connectivity index (χ4n) is 7.24. The first-order valence-corrected chi connectivity index (χ1v) is 21.3. The minimum absolute atomic E-state index is 0. The Bertz CT molecular complexity index is 776. The van der Waals surface area contributed by atoms with Crippen LogP contribution in [0.5, 0.6) is 0 Å². The molecule has 1 rings (SSSR count). The molecular weight excluding hydrogens is 642 g/mol. The molecule has 0 bridgehead atoms. The standard InChI is InChI=1S/C44H82NO4.ClH/c1-5-7-9-11-13-15-17-19-21-23-25-27-29-31-33-35-43(46)48-39-41-37-45(3,4)38-42(41)40-49-44(47)36-34-32-30-28-26-24-22-20-18-16-14-12-10-8-6-2;/h19-22,41-42H,5-18,23-40H2,1-4H3;1H/q+1;/p-1. The van der Waals surface area contributed by atoms with E-state index >= 15 is 0 Å². The van der Waals surface area contributed by atoms with Crippen molar-refractivity contribution >= 4 is 11.9 Å². The van der Waals surface area contributed by atoms with E-state index in [-0.39, 0.29) is 36.2 Å². The summed E-state index contributed by atoms with van der Waals surface area (Å²) in [6, 6.07) is 0. The maximum Gasteiger partial charge on any atom is 0.305 e. The maximum atomic E-state index is 12.5. The van der Waals surface area contributed by atoms with Crippen molar-refractivity contribution < 1.29 is 36.0 Å². The van der Waals surface area contributed by atoms with Gasteiger partial charge in [-0.25, -0.2) is 0 Å². The minimum Gasteiger partial charge on any atom is -1.00 e. The molecule has 0 spiro atoms. The van der Waals surface area contributed by atoms with Gasteiger partial charge in [0.1, 0.15) is 13.2 Å². The summed E-state index contributed by atoms with van der Waals surface area (Å²) < 4.78 is 12.3. The molecule has 0 aromatic rings. The Morgan fingerprint density at radius 2 is 0.760 bits per heavy atom. The molecule has 0 saturated carbocycles. The highest BCUT2D eigenvalue weighted by Gasteiger charge is 2.41. The zero-order valence-corrected chi connectivity index (χ0v) is 34.3. The highest BCUT2D eigenvalue weighted by molar-refractivity contribution is 5.69. The highest BCUT2D eigenvalue weighted by atomic mass is 35.5. The molecule has 5 nitrogen and oxygen atoms in total. The van der Waals surface area contributed by atoms with Crippen molar-refractivity contribution in [2.75, 3.05) is 40.4 Å². The molecule has 6 heteroatoms. The van der Waals surface area contributed by atoms with E-state index in [1.54, 1.807) is 0 Å². The largest absolute Gasteiger partial charge is 1.00 e. The molecule has 1 aliphatic heterocycles. The number of likely N-dealkylation sites (tertiary alicyclic amines) is 1. The van der Waals surface area contributed by atoms with Crippen LogP contribution in [0.1, 0.15) is 194 Å². The summed E-state index contributed by atoms with van der Waals surface area (Å²) in [6.07, 6.45) is 43.1. The fraction of sp³-hybridized carbons (Fsp3) is 0.864. The Hall–Kier alpha value is -1.33. The van der Waals surface area contributed by atoms with Crippen LogP contribution in [-0.4, -0.2) is 56.8 Å². The predicted octanol–water partition coefficient (Wildman–Crippen LogP) is 9.47. The van der Waals surface area contributed by atoms with Gasteiger partial charge in [0.05, 0.1) is 39.0 Å². The van der Waals surface area contributed by atoms with E-state index in [1.807, 2.05) is 0 Å². The lowest BCUT2D eigenvalue weighted by molar-refractivity contribution is -0.880. The molecule has 2 atom stereocenters. The van der Waals surface area contributed by atoms with Crippen molar-refractivity contribution in [3.8, 4) is 0 Å². The van der Waals surface area contributed by atoms with Crippen LogP contribution in [0.15, 0.2) is 24.3 Å². The molecule has 294 valence electrons. The third kappa shape index (κ3) is 30.3. The van der Waals surface area contributed by atoms with Gasteiger partial charge >= 0.3 is 11.9 Å². The first kappa shape index (κ1) is 48.7. The Kier molecular flexibility index (Phi) is 33.8. The second-order valence-electron chi connectivity index (χ2n) is 15.9. The van der Waals surface area contributed by atoms with Crippen molar-refractivity contribution in [1.29, 1.82) is 0 Å². The van der Waals surface area contributed by atoms with Crippen molar-refractivity contribution in [1.82, 2.24) is 0 Å². The van der Waals surface area contributed by atoms with Crippen molar-refractivity contribution in [2.45, 2.75) is 194 Å². The zero-order valence-electron chi connectivity index (χ0n) is 33.5. The van der Waals surface area contributed by atoms with Gasteiger partial charge < -0.3 is 26.4 Å². The summed E-state index contributed by atoms with van der Waals surface area (Å²) in [5, 5.41) is 0. The molecule has 0 radical (unpaired) electrons. The van der Waals surface area contributed by atoms with Crippen LogP contribution >= 0.6 is 0 Å². The Balaban J connectivity index is 0.0000240. The van der Waals surface area contributed by atoms with Gasteiger partial charge in [-0.1, -0.05) is 141 Å². The predicted molar refractivity (Wildman–Crippen MR) is 210 cm³/mol. The van der Waals surface area contributed by atoms with Crippen LogP contribution in [0.4, 0.5) is 0 Å². The SMILES string of the molecule is CCCCCCCCC=CCCCCCCCC(=O)OCC1C[N+](C)(C)CC1COC(=O)CCCCCCCC=CCCCCCCCC.[Cl-]. The van der Waals surface area contributed by atoms with Gasteiger partial charge in [-0.15, -0.1) is 0 Å². The molecule has 2 unspecified atom stereocenters. The number of halogens is 1. The van der Waals surface area contributed by atoms with Crippen LogP contribution in [-0.2, 0) is 19.1 Å². The molecule has 0 aromatic carbocycles. The fourth-order valence-corrected chi connectivity index (χ4v) is 7.24. The van der Waals surface area contributed by atoms with E-state index in [0.29, 0.717) is 26.1 Å². The minimum atomic E-state index is -0.0743. The van der Waals surface area contributed by atoms with E-state index in [1.165, 1.54) is 141 Å². The Morgan fingerprint density at radius 3 is 1.08 bits per heavy atom. The van der Waals surface area contributed by atoms with Crippen LogP contribution in [0.2, 0.25) is 0 Å². The second kappa shape index (κ2) is 34.7. The number of hydrogen-bond donors (Lipinski definition) is 0. The van der Waals surface area contributed by atoms with Gasteiger partial charge in [-0.05, 0) is 64.2 Å². The quantitative estimate of drug-likeness (QED) is 0.0287. The van der Waals surface area contributed by atoms with Gasteiger partial charge in [0.25, 0.3) is 0 Å². The lowest BCUT2D eigenvalue weighted by Crippen LogP contribution is -3.00. The number of allylic oxidation sites excluding steroid dienone is 4. The van der Waals surface area contributed by atoms with Gasteiger partial charge in [0.15, 0.2) is 0 Å². The third-order valence-corrected chi connectivity index (χ3v) is 10.3. The van der Waals surface area contributed by atoms with E-state index in [4.69, 9.17) is 9.47 Å². The molecule has 0 aliphatic carbocycles. The van der Waals surface area contributed by atoms with Gasteiger partial charge in [0.2, 0.25) is 0 Å². The van der Waals surface area contributed by atoms with Crippen LogP contribution < -0.4 is 12.4 Å². The number of nitrogens with zero attached hydrogens (tertiary/aromatic N) is 1. The monoisotopic (exact) mass is 724 g/mol. The van der Waals surface area contributed by atoms with Crippen LogP contribution in [0.3, 0.4) is 0 Å². The number of ether oxygens (including phenoxy) is 2. The topological polar surface area (TPSA) is 52.6 Å². The maximum absolute atomic E-state index is 12.5. The van der Waals surface area contributed by atoms with E-state index in [9.17, 15) is 9.59 Å². The van der Waals surface area contributed by atoms with Crippen LogP contribution in [0.25, 0.3) is 0 Å². The first-order chi connectivity index (χ1) is 23.9. The molecule has 50 heavy (non-hydrogen) atoms. The lowest BCUT2D eigenvalue weighted by Gasteiger charge is -2.23. The summed E-state index contributed by atoms with van der Waals surface area (Å²) in [4.78, 5) is 24.9. The first-order valence-electron chi connectivity index (χ1n) is 21.3. The average Bonchev–Trinajstić information content (AvgIpc) is 3.39. The molecule has 1 aliphatic rings. The number of quaternary nitrogens is 1. The van der Waals surface area contributed by atoms with E-state index in [2.05, 4.69) is 52.2 Å². The van der Waals surface area contributed by atoms with Crippen molar-refractivity contribution in [3.63, 3.8) is 0 Å². The summed E-state index contributed by atoms with van der Waals surface area (Å²) in [7, 11) is 4.43. The second-order valence-corrected chi connectivity index (χ2v) is 15.9. The third-order valence-electron chi connectivity index (χ3n) is 10.3. The Morgan fingerprint density at radius 1 is 0.480 bits per heavy atom. The Labute approximate surface area is 317 Å². The van der Waals surface area contributed by atoms with Crippen molar-refractivity contribution in [2.24, 2.45) is 11.8 Å². The van der Waals surface area contributed by atoms with Gasteiger partial charge in [0, 0.05) is 12.8 Å². The van der Waals surface area contributed by atoms with E-state index in [0.717, 1.165) is 43.3 Å². The number of carbonyl (C=O) groups is 2. The number of rotatable bonds is 34. The molecular formula is C44H82ClNO4. The smallest absolute Gasteiger partial charge is 0.305 e. The number of unbranched alkanes of at least 4 members (excludes halogenated alkanes) is 22. The summed E-state index contributed by atoms with van der Waals surface area (Å²) in [5.41, 5.74) is 0. The van der Waals surface area contributed by atoms with Gasteiger partial charge in [-0.2, -0.15) is 0 Å². The summed E-state index contributed by atoms with van der Waals surface area (Å²) in [5.74, 6) is 0.353. The molecule has 0 amide bonds. The summed E-state index contributed by atoms with van der Waals surface area (Å²) >= 11 is 0. The summed E-state index contributed by atoms with van der Waals surface area (Å²) in [6.45, 7) is 7.35. The van der Waals surface area contributed by atoms with Gasteiger partial charge in [-0.3, -0.25) is 9.59 Å². The molecule has 0 aromatic heterocycles. The molecule has 0 N–H and O–H groups in total. The molecule has 1 saturated heterocycles. The molecule has 1 heterocycles. The number of carbonyl (C=O) groups excluding carboxylic acids is 2. The number of esters is 2. The highest BCUT2D eigenvalue weighted by Crippen LogP contribution is 2.28. The molecule has 1 fully saturated rings. The zero-order chi connectivity index (χ0) is 35.7. The van der Waals surface area contributed by atoms with Crippen LogP contribution in [0, 0.1) is 11.8 Å². The normalized spacial score (nSPS) is 17.0. The average molecular weight is 725 g/mol. The van der Waals surface area contributed by atoms with E-state index < -0.39 is 0 Å². The lowest BCUT2D eigenvalue weighted by atomic mass is 9.98. The van der Waals surface area contributed by atoms with Crippen molar-refractivity contribution in [3.05, 3.63) is 24.3 Å².